The summed E-state index contributed by atoms with van der Waals surface area (Å²) in [6, 6.07) is 0. The largest absolute Gasteiger partial charge is 0.0651 e. The lowest BCUT2D eigenvalue weighted by Gasteiger charge is -2.26. The fraction of sp³-hybridized carbons (Fsp3) is 0.909. The molecule has 0 saturated heterocycles. The van der Waals surface area contributed by atoms with Crippen molar-refractivity contribution in [1.29, 1.82) is 0 Å². The molecule has 0 aromatic rings. The van der Waals surface area contributed by atoms with Gasteiger partial charge in [-0.2, -0.15) is 0 Å². The van der Waals surface area contributed by atoms with Crippen LogP contribution in [-0.2, 0) is 0 Å². The molecule has 0 heterocycles. The Labute approximate surface area is 71.4 Å². The maximum atomic E-state index is 2.53. The van der Waals surface area contributed by atoms with E-state index in [9.17, 15) is 0 Å². The van der Waals surface area contributed by atoms with Crippen molar-refractivity contribution in [2.75, 3.05) is 0 Å². The first-order valence-corrected chi connectivity index (χ1v) is 5.11. The quantitative estimate of drug-likeness (QED) is 0.527. The molecule has 0 heteroatoms. The van der Waals surface area contributed by atoms with Gasteiger partial charge in [-0.25, -0.2) is 0 Å². The summed E-state index contributed by atoms with van der Waals surface area (Å²) in [5.74, 6) is 0. The van der Waals surface area contributed by atoms with E-state index in [2.05, 4.69) is 20.3 Å². The van der Waals surface area contributed by atoms with Crippen LogP contribution in [0.25, 0.3) is 0 Å². The Balaban J connectivity index is 2.38. The summed E-state index contributed by atoms with van der Waals surface area (Å²) in [7, 11) is 0. The van der Waals surface area contributed by atoms with Crippen molar-refractivity contribution < 1.29 is 0 Å². The lowest BCUT2D eigenvalue weighted by atomic mass is 9.79. The van der Waals surface area contributed by atoms with Gasteiger partial charge in [0, 0.05) is 0 Å². The lowest BCUT2D eigenvalue weighted by molar-refractivity contribution is 0.327. The van der Waals surface area contributed by atoms with E-state index in [1.165, 1.54) is 44.9 Å². The predicted octanol–water partition coefficient (Wildman–Crippen LogP) is 3.96. The van der Waals surface area contributed by atoms with E-state index in [0.29, 0.717) is 5.41 Å². The molecule has 0 aromatic heterocycles. The SMILES string of the molecule is CC[CH]C1(C)CCCCCC1. The Bertz CT molecular complexity index is 96.6. The molecule has 11 heavy (non-hydrogen) atoms. The van der Waals surface area contributed by atoms with Crippen LogP contribution in [-0.4, -0.2) is 0 Å². The summed E-state index contributed by atoms with van der Waals surface area (Å²) in [6.45, 7) is 4.69. The van der Waals surface area contributed by atoms with Crippen molar-refractivity contribution in [3.63, 3.8) is 0 Å². The number of hydrogen-bond acceptors (Lipinski definition) is 0. The van der Waals surface area contributed by atoms with Gasteiger partial charge in [0.05, 0.1) is 0 Å². The topological polar surface area (TPSA) is 0 Å². The molecule has 0 nitrogen and oxygen atoms in total. The third kappa shape index (κ3) is 2.84. The van der Waals surface area contributed by atoms with Crippen LogP contribution >= 0.6 is 0 Å². The Hall–Kier alpha value is 0. The summed E-state index contributed by atoms with van der Waals surface area (Å²) in [5, 5.41) is 0. The van der Waals surface area contributed by atoms with Crippen molar-refractivity contribution in [3.8, 4) is 0 Å². The zero-order chi connectivity index (χ0) is 8.16. The van der Waals surface area contributed by atoms with Crippen molar-refractivity contribution in [1.82, 2.24) is 0 Å². The van der Waals surface area contributed by atoms with Crippen molar-refractivity contribution in [2.45, 2.75) is 58.8 Å². The third-order valence-electron chi connectivity index (χ3n) is 2.94. The molecule has 1 rings (SSSR count). The van der Waals surface area contributed by atoms with Gasteiger partial charge in [-0.1, -0.05) is 46.0 Å². The van der Waals surface area contributed by atoms with E-state index in [0.717, 1.165) is 0 Å². The molecule has 1 aliphatic rings. The molecule has 1 fully saturated rings. The molecule has 0 atom stereocenters. The Morgan fingerprint density at radius 1 is 1.09 bits per heavy atom. The maximum Gasteiger partial charge on any atom is -0.0295 e. The minimum atomic E-state index is 0.589. The van der Waals surface area contributed by atoms with Crippen molar-refractivity contribution in [3.05, 3.63) is 6.42 Å². The molecule has 0 aromatic carbocycles. The zero-order valence-corrected chi connectivity index (χ0v) is 8.03. The fourth-order valence-corrected chi connectivity index (χ4v) is 2.23. The minimum absolute atomic E-state index is 0.589. The molecule has 1 radical (unpaired) electrons. The van der Waals surface area contributed by atoms with Gasteiger partial charge in [-0.15, -0.1) is 0 Å². The first kappa shape index (κ1) is 9.09. The Morgan fingerprint density at radius 2 is 1.64 bits per heavy atom. The second kappa shape index (κ2) is 4.13. The Kier molecular flexibility index (Phi) is 3.42. The van der Waals surface area contributed by atoms with Gasteiger partial charge < -0.3 is 0 Å². The number of hydrogen-bond donors (Lipinski definition) is 0. The second-order valence-corrected chi connectivity index (χ2v) is 4.18. The van der Waals surface area contributed by atoms with E-state index in [1.807, 2.05) is 0 Å². The highest BCUT2D eigenvalue weighted by Crippen LogP contribution is 2.37. The Morgan fingerprint density at radius 3 is 2.09 bits per heavy atom. The van der Waals surface area contributed by atoms with Crippen molar-refractivity contribution in [2.24, 2.45) is 5.41 Å². The van der Waals surface area contributed by atoms with E-state index >= 15 is 0 Å². The van der Waals surface area contributed by atoms with Crippen LogP contribution in [0.3, 0.4) is 0 Å². The molecular weight excluding hydrogens is 132 g/mol. The van der Waals surface area contributed by atoms with Gasteiger partial charge in [-0.05, 0) is 24.7 Å². The molecular formula is C11H21. The highest BCUT2D eigenvalue weighted by Gasteiger charge is 2.24. The van der Waals surface area contributed by atoms with Crippen LogP contribution < -0.4 is 0 Å². The first-order chi connectivity index (χ1) is 5.27. The summed E-state index contributed by atoms with van der Waals surface area (Å²) < 4.78 is 0. The highest BCUT2D eigenvalue weighted by atomic mass is 14.3. The molecule has 0 N–H and O–H groups in total. The normalized spacial score (nSPS) is 24.5. The van der Waals surface area contributed by atoms with Gasteiger partial charge in [0.25, 0.3) is 0 Å². The summed E-state index contributed by atoms with van der Waals surface area (Å²) in [5.41, 5.74) is 0.589. The molecule has 0 spiro atoms. The maximum absolute atomic E-state index is 2.53. The third-order valence-corrected chi connectivity index (χ3v) is 2.94. The summed E-state index contributed by atoms with van der Waals surface area (Å²) in [6.07, 6.45) is 12.5. The molecule has 0 aliphatic heterocycles. The second-order valence-electron chi connectivity index (χ2n) is 4.18. The van der Waals surface area contributed by atoms with Gasteiger partial charge in [-0.3, -0.25) is 0 Å². The average molecular weight is 153 g/mol. The number of rotatable bonds is 2. The van der Waals surface area contributed by atoms with E-state index < -0.39 is 0 Å². The minimum Gasteiger partial charge on any atom is -0.0651 e. The molecule has 1 aliphatic carbocycles. The zero-order valence-electron chi connectivity index (χ0n) is 8.03. The van der Waals surface area contributed by atoms with Crippen LogP contribution in [0.5, 0.6) is 0 Å². The lowest BCUT2D eigenvalue weighted by Crippen LogP contribution is -2.15. The van der Waals surface area contributed by atoms with Crippen LogP contribution in [0.15, 0.2) is 0 Å². The smallest absolute Gasteiger partial charge is 0.0295 e. The molecule has 65 valence electrons. The molecule has 0 unspecified atom stereocenters. The van der Waals surface area contributed by atoms with Gasteiger partial charge in [0.2, 0.25) is 0 Å². The first-order valence-electron chi connectivity index (χ1n) is 5.11. The van der Waals surface area contributed by atoms with E-state index in [-0.39, 0.29) is 0 Å². The van der Waals surface area contributed by atoms with Crippen LogP contribution in [0.1, 0.15) is 58.8 Å². The summed E-state index contributed by atoms with van der Waals surface area (Å²) in [4.78, 5) is 0. The predicted molar refractivity (Wildman–Crippen MR) is 50.4 cm³/mol. The van der Waals surface area contributed by atoms with E-state index in [1.54, 1.807) is 0 Å². The van der Waals surface area contributed by atoms with E-state index in [4.69, 9.17) is 0 Å². The molecule has 1 saturated carbocycles. The van der Waals surface area contributed by atoms with Crippen LogP contribution in [0.2, 0.25) is 0 Å². The molecule has 0 bridgehead atoms. The van der Waals surface area contributed by atoms with Crippen LogP contribution in [0.4, 0.5) is 0 Å². The molecule has 0 amide bonds. The highest BCUT2D eigenvalue weighted by molar-refractivity contribution is 4.88. The average Bonchev–Trinajstić information content (AvgIpc) is 2.15. The monoisotopic (exact) mass is 153 g/mol. The fourth-order valence-electron chi connectivity index (χ4n) is 2.23. The van der Waals surface area contributed by atoms with Gasteiger partial charge in [0.15, 0.2) is 0 Å². The summed E-state index contributed by atoms with van der Waals surface area (Å²) >= 11 is 0. The van der Waals surface area contributed by atoms with Crippen molar-refractivity contribution >= 4 is 0 Å². The van der Waals surface area contributed by atoms with Gasteiger partial charge in [0.1, 0.15) is 0 Å². The van der Waals surface area contributed by atoms with Gasteiger partial charge >= 0.3 is 0 Å². The van der Waals surface area contributed by atoms with Crippen LogP contribution in [0, 0.1) is 11.8 Å². The standard InChI is InChI=1S/C11H21/c1-3-8-11(2)9-6-4-5-7-10-11/h8H,3-7,9-10H2,1-2H3.